The topological polar surface area (TPSA) is 38.5 Å². The van der Waals surface area contributed by atoms with Gasteiger partial charge in [0.2, 0.25) is 0 Å². The molecule has 0 saturated heterocycles. The maximum atomic E-state index is 13.1. The molecule has 0 aromatic heterocycles. The summed E-state index contributed by atoms with van der Waals surface area (Å²) in [5.41, 5.74) is 6.68. The molecule has 0 aliphatic heterocycles. The molecule has 0 heterocycles. The zero-order chi connectivity index (χ0) is 13.6. The quantitative estimate of drug-likeness (QED) is 0.809. The second kappa shape index (κ2) is 6.83. The van der Waals surface area contributed by atoms with Crippen LogP contribution in [0.5, 0.6) is 0 Å². The number of nitrogens with two attached hydrogens (primary N) is 1. The predicted molar refractivity (Wildman–Crippen MR) is 71.8 cm³/mol. The van der Waals surface area contributed by atoms with Crippen LogP contribution in [0.1, 0.15) is 18.9 Å². The molecule has 0 aliphatic carbocycles. The number of nitrogens with zero attached hydrogens (tertiary/aromatic N) is 1. The van der Waals surface area contributed by atoms with E-state index >= 15 is 0 Å². The highest BCUT2D eigenvalue weighted by Crippen LogP contribution is 2.19. The number of halogens is 1. The number of benzene rings is 1. The SMILES string of the molecule is COCCC(C)(CN)N(C)Cc1cccc(F)c1. The Morgan fingerprint density at radius 1 is 1.44 bits per heavy atom. The lowest BCUT2D eigenvalue weighted by molar-refractivity contribution is 0.0838. The second-order valence-corrected chi connectivity index (χ2v) is 4.93. The van der Waals surface area contributed by atoms with Crippen LogP contribution in [-0.2, 0) is 11.3 Å². The second-order valence-electron chi connectivity index (χ2n) is 4.93. The van der Waals surface area contributed by atoms with E-state index in [9.17, 15) is 4.39 Å². The van der Waals surface area contributed by atoms with Crippen molar-refractivity contribution in [2.24, 2.45) is 5.73 Å². The molecule has 102 valence electrons. The lowest BCUT2D eigenvalue weighted by Crippen LogP contribution is -2.49. The molecule has 0 fully saturated rings. The smallest absolute Gasteiger partial charge is 0.123 e. The van der Waals surface area contributed by atoms with Crippen molar-refractivity contribution in [2.45, 2.75) is 25.4 Å². The number of methoxy groups -OCH3 is 1. The summed E-state index contributed by atoms with van der Waals surface area (Å²) in [6, 6.07) is 6.67. The van der Waals surface area contributed by atoms with Crippen molar-refractivity contribution in [3.8, 4) is 0 Å². The van der Waals surface area contributed by atoms with Crippen LogP contribution in [0.3, 0.4) is 0 Å². The Kier molecular flexibility index (Phi) is 5.72. The highest BCUT2D eigenvalue weighted by atomic mass is 19.1. The first-order chi connectivity index (χ1) is 8.51. The van der Waals surface area contributed by atoms with E-state index in [2.05, 4.69) is 11.8 Å². The van der Waals surface area contributed by atoms with Gasteiger partial charge in [0.25, 0.3) is 0 Å². The summed E-state index contributed by atoms with van der Waals surface area (Å²) in [5, 5.41) is 0. The summed E-state index contributed by atoms with van der Waals surface area (Å²) in [4.78, 5) is 2.15. The van der Waals surface area contributed by atoms with Gasteiger partial charge in [-0.2, -0.15) is 0 Å². The minimum Gasteiger partial charge on any atom is -0.385 e. The van der Waals surface area contributed by atoms with Crippen LogP contribution < -0.4 is 5.73 Å². The Balaban J connectivity index is 2.69. The molecule has 1 aromatic rings. The van der Waals surface area contributed by atoms with E-state index in [0.717, 1.165) is 12.0 Å². The maximum Gasteiger partial charge on any atom is 0.123 e. The van der Waals surface area contributed by atoms with Crippen LogP contribution in [0.25, 0.3) is 0 Å². The third-order valence-corrected chi connectivity index (χ3v) is 3.51. The summed E-state index contributed by atoms with van der Waals surface area (Å²) in [7, 11) is 3.69. The lowest BCUT2D eigenvalue weighted by Gasteiger charge is -2.38. The Bertz CT molecular complexity index is 373. The van der Waals surface area contributed by atoms with Gasteiger partial charge in [-0.25, -0.2) is 4.39 Å². The Morgan fingerprint density at radius 3 is 2.72 bits per heavy atom. The number of rotatable bonds is 7. The van der Waals surface area contributed by atoms with E-state index in [1.165, 1.54) is 6.07 Å². The van der Waals surface area contributed by atoms with Crippen molar-refractivity contribution in [1.29, 1.82) is 0 Å². The molecule has 0 aliphatic rings. The fourth-order valence-corrected chi connectivity index (χ4v) is 1.87. The van der Waals surface area contributed by atoms with E-state index < -0.39 is 0 Å². The van der Waals surface area contributed by atoms with Gasteiger partial charge in [0.1, 0.15) is 5.82 Å². The van der Waals surface area contributed by atoms with Gasteiger partial charge in [0.15, 0.2) is 0 Å². The molecule has 1 rings (SSSR count). The van der Waals surface area contributed by atoms with Crippen molar-refractivity contribution in [3.63, 3.8) is 0 Å². The molecule has 18 heavy (non-hydrogen) atoms. The summed E-state index contributed by atoms with van der Waals surface area (Å²) in [5.74, 6) is -0.202. The van der Waals surface area contributed by atoms with E-state index in [4.69, 9.17) is 10.5 Å². The molecule has 1 aromatic carbocycles. The van der Waals surface area contributed by atoms with E-state index in [1.54, 1.807) is 19.2 Å². The molecule has 1 atom stereocenters. The Hall–Kier alpha value is -0.970. The molecule has 0 bridgehead atoms. The summed E-state index contributed by atoms with van der Waals surface area (Å²) >= 11 is 0. The Morgan fingerprint density at radius 2 is 2.17 bits per heavy atom. The van der Waals surface area contributed by atoms with Gasteiger partial charge in [-0.05, 0) is 38.1 Å². The first kappa shape index (κ1) is 15.1. The number of ether oxygens (including phenoxy) is 1. The molecule has 3 nitrogen and oxygen atoms in total. The number of likely N-dealkylation sites (N-methyl/N-ethyl adjacent to an activating group) is 1. The fraction of sp³-hybridized carbons (Fsp3) is 0.571. The summed E-state index contributed by atoms with van der Waals surface area (Å²) in [6.45, 7) is 3.99. The molecule has 0 radical (unpaired) electrons. The molecule has 4 heteroatoms. The van der Waals surface area contributed by atoms with E-state index in [1.807, 2.05) is 13.1 Å². The van der Waals surface area contributed by atoms with Crippen LogP contribution >= 0.6 is 0 Å². The zero-order valence-electron chi connectivity index (χ0n) is 11.4. The molecule has 0 spiro atoms. The first-order valence-electron chi connectivity index (χ1n) is 6.16. The van der Waals surface area contributed by atoms with Crippen molar-refractivity contribution in [1.82, 2.24) is 4.90 Å². The minimum atomic E-state index is -0.202. The van der Waals surface area contributed by atoms with E-state index in [0.29, 0.717) is 19.7 Å². The summed E-state index contributed by atoms with van der Waals surface area (Å²) in [6.07, 6.45) is 0.853. The Labute approximate surface area is 109 Å². The van der Waals surface area contributed by atoms with Gasteiger partial charge in [0, 0.05) is 32.3 Å². The largest absolute Gasteiger partial charge is 0.385 e. The zero-order valence-corrected chi connectivity index (χ0v) is 11.4. The third-order valence-electron chi connectivity index (χ3n) is 3.51. The van der Waals surface area contributed by atoms with Crippen molar-refractivity contribution >= 4 is 0 Å². The van der Waals surface area contributed by atoms with Crippen molar-refractivity contribution in [2.75, 3.05) is 27.3 Å². The van der Waals surface area contributed by atoms with Gasteiger partial charge in [0.05, 0.1) is 0 Å². The van der Waals surface area contributed by atoms with Gasteiger partial charge in [-0.15, -0.1) is 0 Å². The number of hydrogen-bond acceptors (Lipinski definition) is 3. The normalized spacial score (nSPS) is 14.8. The predicted octanol–water partition coefficient (Wildman–Crippen LogP) is 2.01. The third kappa shape index (κ3) is 4.05. The average molecular weight is 254 g/mol. The van der Waals surface area contributed by atoms with Gasteiger partial charge >= 0.3 is 0 Å². The molecule has 2 N–H and O–H groups in total. The standard InChI is InChI=1S/C14H23FN2O/c1-14(11-16,7-8-18-3)17(2)10-12-5-4-6-13(15)9-12/h4-6,9H,7-8,10-11,16H2,1-3H3. The van der Waals surface area contributed by atoms with Crippen molar-refractivity contribution in [3.05, 3.63) is 35.6 Å². The fourth-order valence-electron chi connectivity index (χ4n) is 1.87. The highest BCUT2D eigenvalue weighted by molar-refractivity contribution is 5.16. The van der Waals surface area contributed by atoms with Crippen LogP contribution in [0.2, 0.25) is 0 Å². The van der Waals surface area contributed by atoms with Gasteiger partial charge in [-0.1, -0.05) is 12.1 Å². The van der Waals surface area contributed by atoms with Crippen LogP contribution in [-0.4, -0.2) is 37.7 Å². The van der Waals surface area contributed by atoms with Crippen LogP contribution in [0.15, 0.2) is 24.3 Å². The van der Waals surface area contributed by atoms with Gasteiger partial charge in [-0.3, -0.25) is 4.90 Å². The molecule has 1 unspecified atom stereocenters. The van der Waals surface area contributed by atoms with Crippen molar-refractivity contribution < 1.29 is 9.13 Å². The summed E-state index contributed by atoms with van der Waals surface area (Å²) < 4.78 is 18.3. The average Bonchev–Trinajstić information content (AvgIpc) is 2.36. The molecular formula is C14H23FN2O. The molecule has 0 saturated carbocycles. The monoisotopic (exact) mass is 254 g/mol. The molecular weight excluding hydrogens is 231 g/mol. The molecule has 0 amide bonds. The number of hydrogen-bond donors (Lipinski definition) is 1. The van der Waals surface area contributed by atoms with Crippen LogP contribution in [0.4, 0.5) is 4.39 Å². The highest BCUT2D eigenvalue weighted by Gasteiger charge is 2.27. The first-order valence-corrected chi connectivity index (χ1v) is 6.16. The minimum absolute atomic E-state index is 0.137. The van der Waals surface area contributed by atoms with Crippen LogP contribution in [0, 0.1) is 5.82 Å². The van der Waals surface area contributed by atoms with Gasteiger partial charge < -0.3 is 10.5 Å². The van der Waals surface area contributed by atoms with E-state index in [-0.39, 0.29) is 11.4 Å². The lowest BCUT2D eigenvalue weighted by atomic mass is 9.95. The maximum absolute atomic E-state index is 13.1.